The number of ether oxygens (including phenoxy) is 1. The molecule has 0 bridgehead atoms. The summed E-state index contributed by atoms with van der Waals surface area (Å²) in [7, 11) is 3.44. The lowest BCUT2D eigenvalue weighted by Gasteiger charge is -2.18. The molecule has 0 aliphatic carbocycles. The molecule has 0 radical (unpaired) electrons. The third-order valence-electron chi connectivity index (χ3n) is 4.09. The minimum absolute atomic E-state index is 0.209. The van der Waals surface area contributed by atoms with Crippen molar-refractivity contribution in [2.75, 3.05) is 27.2 Å². The van der Waals surface area contributed by atoms with Crippen LogP contribution in [0.3, 0.4) is 0 Å². The first kappa shape index (κ1) is 18.8. The predicted octanol–water partition coefficient (Wildman–Crippen LogP) is 3.35. The van der Waals surface area contributed by atoms with E-state index in [0.29, 0.717) is 0 Å². The van der Waals surface area contributed by atoms with E-state index < -0.39 is 0 Å². The number of para-hydroxylation sites is 1. The number of hydrogen-bond donors (Lipinski definition) is 2. The number of nitrogens with one attached hydrogen (secondary N) is 2. The summed E-state index contributed by atoms with van der Waals surface area (Å²) in [6, 6.07) is 14.6. The standard InChI is InChI=1S/C20H26FN3O/c1-15(18-6-4-5-7-19(18)25-3)14-24-20(22-2)23-13-12-16-8-10-17(21)11-9-16/h4-11,15H,12-14H2,1-3H3,(H2,22,23,24). The molecule has 4 nitrogen and oxygen atoms in total. The highest BCUT2D eigenvalue weighted by molar-refractivity contribution is 5.79. The molecular weight excluding hydrogens is 317 g/mol. The molecule has 2 aromatic rings. The van der Waals surface area contributed by atoms with E-state index >= 15 is 0 Å². The molecule has 1 unspecified atom stereocenters. The number of methoxy groups -OCH3 is 1. The van der Waals surface area contributed by atoms with E-state index in [1.54, 1.807) is 26.3 Å². The predicted molar refractivity (Wildman–Crippen MR) is 101 cm³/mol. The smallest absolute Gasteiger partial charge is 0.191 e. The van der Waals surface area contributed by atoms with Crippen LogP contribution in [0, 0.1) is 5.82 Å². The summed E-state index contributed by atoms with van der Waals surface area (Å²) in [5, 5.41) is 6.62. The van der Waals surface area contributed by atoms with Gasteiger partial charge >= 0.3 is 0 Å². The van der Waals surface area contributed by atoms with Gasteiger partial charge in [-0.2, -0.15) is 0 Å². The topological polar surface area (TPSA) is 45.7 Å². The summed E-state index contributed by atoms with van der Waals surface area (Å²) in [5.74, 6) is 1.73. The molecule has 0 spiro atoms. The zero-order valence-electron chi connectivity index (χ0n) is 15.1. The Morgan fingerprint density at radius 1 is 1.12 bits per heavy atom. The second kappa shape index (κ2) is 9.67. The molecule has 0 fully saturated rings. The minimum atomic E-state index is -0.209. The van der Waals surface area contributed by atoms with Gasteiger partial charge in [-0.25, -0.2) is 4.39 Å². The van der Waals surface area contributed by atoms with Gasteiger partial charge in [-0.05, 0) is 35.7 Å². The number of benzene rings is 2. The molecule has 2 rings (SSSR count). The largest absolute Gasteiger partial charge is 0.496 e. The molecule has 0 aliphatic heterocycles. The van der Waals surface area contributed by atoms with Crippen molar-refractivity contribution < 1.29 is 9.13 Å². The summed E-state index contributed by atoms with van der Waals surface area (Å²) in [6.07, 6.45) is 0.809. The van der Waals surface area contributed by atoms with Crippen LogP contribution in [0.25, 0.3) is 0 Å². The van der Waals surface area contributed by atoms with E-state index in [0.717, 1.165) is 36.8 Å². The number of halogens is 1. The van der Waals surface area contributed by atoms with Gasteiger partial charge in [0, 0.05) is 26.1 Å². The first-order valence-electron chi connectivity index (χ1n) is 8.46. The van der Waals surface area contributed by atoms with Crippen LogP contribution in [0.2, 0.25) is 0 Å². The maximum atomic E-state index is 12.9. The van der Waals surface area contributed by atoms with Crippen LogP contribution in [0.4, 0.5) is 4.39 Å². The molecule has 0 saturated heterocycles. The lowest BCUT2D eigenvalue weighted by atomic mass is 10.0. The Labute approximate surface area is 149 Å². The Morgan fingerprint density at radius 3 is 2.52 bits per heavy atom. The van der Waals surface area contributed by atoms with Crippen LogP contribution in [-0.4, -0.2) is 33.2 Å². The second-order valence-corrected chi connectivity index (χ2v) is 5.90. The van der Waals surface area contributed by atoms with E-state index in [-0.39, 0.29) is 11.7 Å². The normalized spacial score (nSPS) is 12.6. The molecule has 0 heterocycles. The van der Waals surface area contributed by atoms with E-state index in [1.807, 2.05) is 18.2 Å². The van der Waals surface area contributed by atoms with Crippen LogP contribution in [-0.2, 0) is 6.42 Å². The average Bonchev–Trinajstić information content (AvgIpc) is 2.65. The molecule has 2 N–H and O–H groups in total. The Balaban J connectivity index is 1.80. The van der Waals surface area contributed by atoms with Crippen molar-refractivity contribution in [3.05, 3.63) is 65.5 Å². The fraction of sp³-hybridized carbons (Fsp3) is 0.350. The summed E-state index contributed by atoms with van der Waals surface area (Å²) in [5.41, 5.74) is 2.26. The van der Waals surface area contributed by atoms with Crippen LogP contribution in [0.15, 0.2) is 53.5 Å². The van der Waals surface area contributed by atoms with Gasteiger partial charge in [0.2, 0.25) is 0 Å². The van der Waals surface area contributed by atoms with Gasteiger partial charge in [0.05, 0.1) is 7.11 Å². The van der Waals surface area contributed by atoms with Crippen molar-refractivity contribution in [1.82, 2.24) is 10.6 Å². The lowest BCUT2D eigenvalue weighted by Crippen LogP contribution is -2.39. The molecular formula is C20H26FN3O. The molecule has 134 valence electrons. The van der Waals surface area contributed by atoms with Crippen LogP contribution in [0.1, 0.15) is 24.0 Å². The van der Waals surface area contributed by atoms with E-state index in [2.05, 4.69) is 28.6 Å². The molecule has 0 amide bonds. The maximum Gasteiger partial charge on any atom is 0.191 e. The first-order valence-corrected chi connectivity index (χ1v) is 8.46. The molecule has 0 saturated carbocycles. The quantitative estimate of drug-likeness (QED) is 0.599. The molecule has 0 aromatic heterocycles. The SMILES string of the molecule is CN=C(NCCc1ccc(F)cc1)NCC(C)c1ccccc1OC. The highest BCUT2D eigenvalue weighted by Gasteiger charge is 2.11. The minimum Gasteiger partial charge on any atom is -0.496 e. The van der Waals surface area contributed by atoms with Crippen molar-refractivity contribution >= 4 is 5.96 Å². The van der Waals surface area contributed by atoms with Crippen molar-refractivity contribution in [2.24, 2.45) is 4.99 Å². The van der Waals surface area contributed by atoms with Gasteiger partial charge in [-0.15, -0.1) is 0 Å². The monoisotopic (exact) mass is 343 g/mol. The van der Waals surface area contributed by atoms with E-state index in [9.17, 15) is 4.39 Å². The van der Waals surface area contributed by atoms with Crippen molar-refractivity contribution in [3.8, 4) is 5.75 Å². The lowest BCUT2D eigenvalue weighted by molar-refractivity contribution is 0.406. The molecule has 0 aliphatic rings. The Bertz CT molecular complexity index is 686. The summed E-state index contributed by atoms with van der Waals surface area (Å²) in [6.45, 7) is 3.63. The fourth-order valence-corrected chi connectivity index (χ4v) is 2.63. The number of rotatable bonds is 7. The summed E-state index contributed by atoms with van der Waals surface area (Å²) in [4.78, 5) is 4.24. The van der Waals surface area contributed by atoms with Gasteiger partial charge < -0.3 is 15.4 Å². The van der Waals surface area contributed by atoms with E-state index in [4.69, 9.17) is 4.74 Å². The molecule has 2 aromatic carbocycles. The number of hydrogen-bond acceptors (Lipinski definition) is 2. The van der Waals surface area contributed by atoms with Gasteiger partial charge in [0.1, 0.15) is 11.6 Å². The first-order chi connectivity index (χ1) is 12.1. The highest BCUT2D eigenvalue weighted by Crippen LogP contribution is 2.25. The number of nitrogens with zero attached hydrogens (tertiary/aromatic N) is 1. The third kappa shape index (κ3) is 5.78. The second-order valence-electron chi connectivity index (χ2n) is 5.90. The molecule has 5 heteroatoms. The third-order valence-corrected chi connectivity index (χ3v) is 4.09. The van der Waals surface area contributed by atoms with Crippen molar-refractivity contribution in [3.63, 3.8) is 0 Å². The zero-order valence-corrected chi connectivity index (χ0v) is 15.1. The molecule has 1 atom stereocenters. The Kier molecular flexibility index (Phi) is 7.26. The van der Waals surface area contributed by atoms with Crippen LogP contribution < -0.4 is 15.4 Å². The zero-order chi connectivity index (χ0) is 18.1. The fourth-order valence-electron chi connectivity index (χ4n) is 2.63. The summed E-state index contributed by atoms with van der Waals surface area (Å²) < 4.78 is 18.3. The average molecular weight is 343 g/mol. The summed E-state index contributed by atoms with van der Waals surface area (Å²) >= 11 is 0. The van der Waals surface area contributed by atoms with Gasteiger partial charge in [-0.3, -0.25) is 4.99 Å². The van der Waals surface area contributed by atoms with Crippen LogP contribution >= 0.6 is 0 Å². The van der Waals surface area contributed by atoms with Gasteiger partial charge in [0.25, 0.3) is 0 Å². The maximum absolute atomic E-state index is 12.9. The van der Waals surface area contributed by atoms with Gasteiger partial charge in [0.15, 0.2) is 5.96 Å². The van der Waals surface area contributed by atoms with Crippen molar-refractivity contribution in [2.45, 2.75) is 19.3 Å². The number of guanidine groups is 1. The van der Waals surface area contributed by atoms with Crippen LogP contribution in [0.5, 0.6) is 5.75 Å². The Hall–Kier alpha value is -2.56. The molecule has 25 heavy (non-hydrogen) atoms. The van der Waals surface area contributed by atoms with Gasteiger partial charge in [-0.1, -0.05) is 37.3 Å². The number of aliphatic imine (C=N–C) groups is 1. The van der Waals surface area contributed by atoms with Crippen molar-refractivity contribution in [1.29, 1.82) is 0 Å². The Morgan fingerprint density at radius 2 is 1.84 bits per heavy atom. The highest BCUT2D eigenvalue weighted by atomic mass is 19.1. The van der Waals surface area contributed by atoms with E-state index in [1.165, 1.54) is 17.7 Å².